The van der Waals surface area contributed by atoms with Crippen LogP contribution in [-0.4, -0.2) is 54.5 Å². The second-order valence-electron chi connectivity index (χ2n) is 8.47. The van der Waals surface area contributed by atoms with Crippen LogP contribution in [0.1, 0.15) is 22.9 Å². The number of para-hydroxylation sites is 1. The van der Waals surface area contributed by atoms with Crippen molar-refractivity contribution in [1.82, 2.24) is 9.47 Å². The Kier molecular flexibility index (Phi) is 7.56. The fourth-order valence-electron chi connectivity index (χ4n) is 4.65. The molecule has 0 saturated carbocycles. The van der Waals surface area contributed by atoms with Gasteiger partial charge in [0.15, 0.2) is 0 Å². The molecule has 0 amide bonds. The van der Waals surface area contributed by atoms with Gasteiger partial charge in [-0.25, -0.2) is 4.39 Å². The smallest absolute Gasteiger partial charge is 0.259 e. The molecule has 0 spiro atoms. The van der Waals surface area contributed by atoms with E-state index < -0.39 is 6.04 Å². The minimum absolute atomic E-state index is 0.0438. The highest BCUT2D eigenvalue weighted by Crippen LogP contribution is 2.35. The topological polar surface area (TPSA) is 57.9 Å². The second kappa shape index (κ2) is 10.6. The van der Waals surface area contributed by atoms with Crippen LogP contribution in [-0.2, 0) is 11.3 Å². The standard InChI is InChI=1S/C26H29ClFN3O3/c1-18-16-23(32)24(26(33)31(18)14-15-34-2)25(19-6-5-7-20(27)17-19)30-12-10-29(11-13-30)22-9-4-3-8-21(22)28/h3-9,16-17,25,32H,10-15H2,1-2H3/t25-/m1/s1. The average Bonchev–Trinajstić information content (AvgIpc) is 2.82. The van der Waals surface area contributed by atoms with Gasteiger partial charge in [-0.05, 0) is 42.8 Å². The van der Waals surface area contributed by atoms with E-state index in [-0.39, 0.29) is 17.1 Å². The normalized spacial score (nSPS) is 15.5. The van der Waals surface area contributed by atoms with E-state index >= 15 is 0 Å². The molecule has 1 aliphatic heterocycles. The van der Waals surface area contributed by atoms with Crippen molar-refractivity contribution in [2.24, 2.45) is 0 Å². The quantitative estimate of drug-likeness (QED) is 0.543. The third-order valence-electron chi connectivity index (χ3n) is 6.35. The average molecular weight is 486 g/mol. The van der Waals surface area contributed by atoms with Gasteiger partial charge in [0.2, 0.25) is 0 Å². The summed E-state index contributed by atoms with van der Waals surface area (Å²) in [4.78, 5) is 17.8. The van der Waals surface area contributed by atoms with E-state index in [1.54, 1.807) is 42.9 Å². The third kappa shape index (κ3) is 4.97. The van der Waals surface area contributed by atoms with Crippen LogP contribution in [0.25, 0.3) is 0 Å². The summed E-state index contributed by atoms with van der Waals surface area (Å²) in [6.45, 7) is 4.89. The Bertz CT molecular complexity index is 1210. The molecule has 1 aromatic heterocycles. The Morgan fingerprint density at radius 2 is 1.82 bits per heavy atom. The number of rotatable bonds is 7. The first-order valence-electron chi connectivity index (χ1n) is 11.3. The molecule has 1 N–H and O–H groups in total. The van der Waals surface area contributed by atoms with Gasteiger partial charge in [-0.1, -0.05) is 35.9 Å². The van der Waals surface area contributed by atoms with Crippen molar-refractivity contribution in [2.45, 2.75) is 19.5 Å². The van der Waals surface area contributed by atoms with Crippen LogP contribution in [0, 0.1) is 12.7 Å². The molecule has 3 aromatic rings. The van der Waals surface area contributed by atoms with Crippen molar-refractivity contribution >= 4 is 17.3 Å². The largest absolute Gasteiger partial charge is 0.507 e. The SMILES string of the molecule is COCCn1c(C)cc(O)c([C@@H](c2cccc(Cl)c2)N2CCN(c3ccccc3F)CC2)c1=O. The number of aromatic nitrogens is 1. The molecule has 34 heavy (non-hydrogen) atoms. The highest BCUT2D eigenvalue weighted by Gasteiger charge is 2.32. The Balaban J connectivity index is 1.73. The number of pyridine rings is 1. The van der Waals surface area contributed by atoms with Crippen molar-refractivity contribution in [3.8, 4) is 5.75 Å². The zero-order valence-corrected chi connectivity index (χ0v) is 20.1. The van der Waals surface area contributed by atoms with Gasteiger partial charge in [-0.3, -0.25) is 9.69 Å². The van der Waals surface area contributed by atoms with Crippen molar-refractivity contribution in [3.63, 3.8) is 0 Å². The van der Waals surface area contributed by atoms with E-state index in [0.29, 0.717) is 61.3 Å². The number of anilines is 1. The van der Waals surface area contributed by atoms with Crippen LogP contribution >= 0.6 is 11.6 Å². The van der Waals surface area contributed by atoms with Crippen LogP contribution < -0.4 is 10.5 Å². The van der Waals surface area contributed by atoms with Crippen molar-refractivity contribution in [2.75, 3.05) is 44.8 Å². The highest BCUT2D eigenvalue weighted by molar-refractivity contribution is 6.30. The Morgan fingerprint density at radius 3 is 2.50 bits per heavy atom. The maximum atomic E-state index is 14.3. The summed E-state index contributed by atoms with van der Waals surface area (Å²) in [5.41, 5.74) is 2.11. The lowest BCUT2D eigenvalue weighted by Crippen LogP contribution is -2.49. The van der Waals surface area contributed by atoms with Crippen molar-refractivity contribution in [3.05, 3.63) is 92.6 Å². The lowest BCUT2D eigenvalue weighted by atomic mass is 9.96. The molecular weight excluding hydrogens is 457 g/mol. The Hall–Kier alpha value is -2.87. The van der Waals surface area contributed by atoms with Crippen LogP contribution in [0.15, 0.2) is 59.4 Å². The second-order valence-corrected chi connectivity index (χ2v) is 8.90. The minimum Gasteiger partial charge on any atom is -0.507 e. The van der Waals surface area contributed by atoms with Gasteiger partial charge >= 0.3 is 0 Å². The van der Waals surface area contributed by atoms with Crippen molar-refractivity contribution < 1.29 is 14.2 Å². The number of aryl methyl sites for hydroxylation is 1. The predicted octanol–water partition coefficient (Wildman–Crippen LogP) is 4.21. The number of nitrogens with zero attached hydrogens (tertiary/aromatic N) is 3. The first kappa shape index (κ1) is 24.3. The fourth-order valence-corrected chi connectivity index (χ4v) is 4.85. The molecule has 180 valence electrons. The van der Waals surface area contributed by atoms with Gasteiger partial charge in [-0.15, -0.1) is 0 Å². The molecule has 0 radical (unpaired) electrons. The molecule has 2 heterocycles. The monoisotopic (exact) mass is 485 g/mol. The number of aromatic hydroxyl groups is 1. The molecule has 6 nitrogen and oxygen atoms in total. The van der Waals surface area contributed by atoms with Gasteiger partial charge in [-0.2, -0.15) is 0 Å². The van der Waals surface area contributed by atoms with Crippen molar-refractivity contribution in [1.29, 1.82) is 0 Å². The maximum absolute atomic E-state index is 14.3. The van der Waals surface area contributed by atoms with E-state index in [1.165, 1.54) is 6.07 Å². The van der Waals surface area contributed by atoms with Crippen LogP contribution in [0.5, 0.6) is 5.75 Å². The molecule has 1 atom stereocenters. The lowest BCUT2D eigenvalue weighted by molar-refractivity contribution is 0.183. The number of hydrogen-bond donors (Lipinski definition) is 1. The van der Waals surface area contributed by atoms with Gasteiger partial charge in [0.1, 0.15) is 11.6 Å². The minimum atomic E-state index is -0.497. The molecule has 4 rings (SSSR count). The van der Waals surface area contributed by atoms with E-state index in [1.807, 2.05) is 29.2 Å². The fraction of sp³-hybridized carbons (Fsp3) is 0.346. The number of piperazine rings is 1. The number of benzene rings is 2. The number of hydrogen-bond acceptors (Lipinski definition) is 5. The molecule has 0 aliphatic carbocycles. The molecule has 2 aromatic carbocycles. The number of halogens is 2. The molecule has 1 fully saturated rings. The number of methoxy groups -OCH3 is 1. The van der Waals surface area contributed by atoms with Gasteiger partial charge in [0.25, 0.3) is 5.56 Å². The third-order valence-corrected chi connectivity index (χ3v) is 6.59. The first-order chi connectivity index (χ1) is 16.4. The summed E-state index contributed by atoms with van der Waals surface area (Å²) in [6.07, 6.45) is 0. The zero-order valence-electron chi connectivity index (χ0n) is 19.4. The summed E-state index contributed by atoms with van der Waals surface area (Å²) in [6, 6.07) is 15.2. The van der Waals surface area contributed by atoms with E-state index in [2.05, 4.69) is 4.90 Å². The lowest BCUT2D eigenvalue weighted by Gasteiger charge is -2.40. The molecule has 1 aliphatic rings. The highest BCUT2D eigenvalue weighted by atomic mass is 35.5. The summed E-state index contributed by atoms with van der Waals surface area (Å²) in [5, 5.41) is 11.5. The zero-order chi connectivity index (χ0) is 24.2. The van der Waals surface area contributed by atoms with Gasteiger partial charge < -0.3 is 19.3 Å². The van der Waals surface area contributed by atoms with Gasteiger partial charge in [0, 0.05) is 50.6 Å². The molecule has 1 saturated heterocycles. The predicted molar refractivity (Wildman–Crippen MR) is 132 cm³/mol. The number of ether oxygens (including phenoxy) is 1. The summed E-state index contributed by atoms with van der Waals surface area (Å²) in [5.74, 6) is -0.294. The van der Waals surface area contributed by atoms with Crippen LogP contribution in [0.3, 0.4) is 0 Å². The molecule has 8 heteroatoms. The molecular formula is C26H29ClFN3O3. The van der Waals surface area contributed by atoms with Crippen LogP contribution in [0.2, 0.25) is 5.02 Å². The summed E-state index contributed by atoms with van der Waals surface area (Å²) >= 11 is 6.31. The summed E-state index contributed by atoms with van der Waals surface area (Å²) in [7, 11) is 1.59. The van der Waals surface area contributed by atoms with E-state index in [9.17, 15) is 14.3 Å². The maximum Gasteiger partial charge on any atom is 0.259 e. The molecule has 0 bridgehead atoms. The van der Waals surface area contributed by atoms with E-state index in [4.69, 9.17) is 16.3 Å². The summed E-state index contributed by atoms with van der Waals surface area (Å²) < 4.78 is 21.1. The first-order valence-corrected chi connectivity index (χ1v) is 11.7. The Morgan fingerprint density at radius 1 is 1.09 bits per heavy atom. The molecule has 0 unspecified atom stereocenters. The van der Waals surface area contributed by atoms with Gasteiger partial charge in [0.05, 0.1) is 23.9 Å². The van der Waals surface area contributed by atoms with E-state index in [0.717, 1.165) is 5.56 Å². The van der Waals surface area contributed by atoms with Crippen LogP contribution in [0.4, 0.5) is 10.1 Å². The Labute approximate surface area is 203 Å².